The Balaban J connectivity index is 1.64. The zero-order valence-electron chi connectivity index (χ0n) is 16.7. The summed E-state index contributed by atoms with van der Waals surface area (Å²) < 4.78 is 1.99. The fourth-order valence-electron chi connectivity index (χ4n) is 4.10. The summed E-state index contributed by atoms with van der Waals surface area (Å²) in [4.78, 5) is 29.0. The number of likely N-dealkylation sites (tertiary alicyclic amines) is 1. The fraction of sp³-hybridized carbons (Fsp3) is 0.409. The van der Waals surface area contributed by atoms with E-state index in [9.17, 15) is 9.59 Å². The highest BCUT2D eigenvalue weighted by atomic mass is 32.1. The summed E-state index contributed by atoms with van der Waals surface area (Å²) in [6.07, 6.45) is 8.35. The predicted octanol–water partition coefficient (Wildman–Crippen LogP) is 3.12. The van der Waals surface area contributed by atoms with Crippen LogP contribution in [0.3, 0.4) is 0 Å². The smallest absolute Gasteiger partial charge is 0.276 e. The second kappa shape index (κ2) is 8.37. The number of aromatic nitrogens is 1. The van der Waals surface area contributed by atoms with Crippen LogP contribution in [0.1, 0.15) is 38.2 Å². The van der Waals surface area contributed by atoms with Gasteiger partial charge in [0, 0.05) is 42.3 Å². The number of nitrogens with one attached hydrogen (secondary N) is 1. The minimum atomic E-state index is -0.116. The lowest BCUT2D eigenvalue weighted by atomic mass is 10.1. The average molecular weight is 411 g/mol. The molecule has 3 heterocycles. The van der Waals surface area contributed by atoms with E-state index in [1.807, 2.05) is 52.9 Å². The number of thiocarbonyl (C=S) groups is 1. The number of carbonyl (C=O) groups is 2. The molecule has 0 radical (unpaired) electrons. The van der Waals surface area contributed by atoms with Gasteiger partial charge in [0.1, 0.15) is 12.2 Å². The number of hydrogen-bond donors (Lipinski definition) is 1. The largest absolute Gasteiger partial charge is 0.341 e. The quantitative estimate of drug-likeness (QED) is 0.622. The molecule has 0 spiro atoms. The monoisotopic (exact) mass is 410 g/mol. The van der Waals surface area contributed by atoms with E-state index in [2.05, 4.69) is 5.32 Å². The van der Waals surface area contributed by atoms with Crippen LogP contribution in [-0.4, -0.2) is 50.9 Å². The lowest BCUT2D eigenvalue weighted by Gasteiger charge is -2.20. The number of rotatable bonds is 4. The molecule has 2 amide bonds. The molecule has 1 N–H and O–H groups in total. The molecule has 152 valence electrons. The molecule has 0 saturated carbocycles. The van der Waals surface area contributed by atoms with Gasteiger partial charge >= 0.3 is 0 Å². The molecule has 2 saturated heterocycles. The molecule has 2 aliphatic rings. The zero-order valence-corrected chi connectivity index (χ0v) is 17.5. The van der Waals surface area contributed by atoms with E-state index in [1.165, 1.54) is 12.8 Å². The highest BCUT2D eigenvalue weighted by Gasteiger charge is 2.29. The molecule has 0 bridgehead atoms. The minimum absolute atomic E-state index is 0.116. The van der Waals surface area contributed by atoms with Crippen molar-refractivity contribution in [3.8, 4) is 0 Å². The van der Waals surface area contributed by atoms with Crippen LogP contribution >= 0.6 is 12.2 Å². The van der Waals surface area contributed by atoms with Crippen LogP contribution in [0.2, 0.25) is 0 Å². The lowest BCUT2D eigenvalue weighted by Crippen LogP contribution is -2.34. The normalized spacial score (nSPS) is 19.1. The first kappa shape index (κ1) is 19.6. The third-order valence-electron chi connectivity index (χ3n) is 5.66. The number of nitrogens with zero attached hydrogens (tertiary/aromatic N) is 3. The van der Waals surface area contributed by atoms with Crippen molar-refractivity contribution in [1.82, 2.24) is 19.7 Å². The summed E-state index contributed by atoms with van der Waals surface area (Å²) in [5, 5.41) is 4.46. The van der Waals surface area contributed by atoms with E-state index in [-0.39, 0.29) is 11.8 Å². The molecule has 1 aromatic carbocycles. The summed E-state index contributed by atoms with van der Waals surface area (Å²) in [5.74, 6) is 0.0373. The van der Waals surface area contributed by atoms with Gasteiger partial charge < -0.3 is 14.8 Å². The first-order valence-corrected chi connectivity index (χ1v) is 10.7. The van der Waals surface area contributed by atoms with Crippen LogP contribution in [0.5, 0.6) is 0 Å². The van der Waals surface area contributed by atoms with Gasteiger partial charge in [-0.3, -0.25) is 14.5 Å². The zero-order chi connectivity index (χ0) is 20.4. The molecule has 2 aliphatic heterocycles. The van der Waals surface area contributed by atoms with Crippen molar-refractivity contribution < 1.29 is 9.59 Å². The van der Waals surface area contributed by atoms with E-state index >= 15 is 0 Å². The number of fused-ring (bicyclic) bond motifs is 1. The molecule has 2 fully saturated rings. The van der Waals surface area contributed by atoms with E-state index in [1.54, 1.807) is 4.90 Å². The van der Waals surface area contributed by atoms with E-state index in [4.69, 9.17) is 12.2 Å². The average Bonchev–Trinajstić information content (AvgIpc) is 3.04. The summed E-state index contributed by atoms with van der Waals surface area (Å²) in [7, 11) is 0. The molecule has 6 nitrogen and oxygen atoms in total. The first-order valence-electron chi connectivity index (χ1n) is 10.3. The Bertz CT molecular complexity index is 986. The molecule has 1 aromatic heterocycles. The maximum atomic E-state index is 12.9. The van der Waals surface area contributed by atoms with Gasteiger partial charge in [0.15, 0.2) is 5.11 Å². The predicted molar refractivity (Wildman–Crippen MR) is 118 cm³/mol. The van der Waals surface area contributed by atoms with Crippen LogP contribution < -0.4 is 5.32 Å². The minimum Gasteiger partial charge on any atom is -0.341 e. The molecule has 2 aromatic rings. The molecule has 0 unspecified atom stereocenters. The lowest BCUT2D eigenvalue weighted by molar-refractivity contribution is -0.131. The number of para-hydroxylation sites is 1. The molecule has 7 heteroatoms. The van der Waals surface area contributed by atoms with Crippen LogP contribution in [0.25, 0.3) is 17.0 Å². The molecule has 29 heavy (non-hydrogen) atoms. The van der Waals surface area contributed by atoms with E-state index < -0.39 is 0 Å². The van der Waals surface area contributed by atoms with Crippen molar-refractivity contribution in [2.45, 2.75) is 39.2 Å². The van der Waals surface area contributed by atoms with Crippen LogP contribution in [0, 0.1) is 0 Å². The Morgan fingerprint density at radius 2 is 1.90 bits per heavy atom. The topological polar surface area (TPSA) is 57.6 Å². The highest BCUT2D eigenvalue weighted by molar-refractivity contribution is 7.80. The third kappa shape index (κ3) is 3.92. The second-order valence-corrected chi connectivity index (χ2v) is 7.95. The number of amides is 2. The molecular formula is C22H26N4O2S. The van der Waals surface area contributed by atoms with Crippen molar-refractivity contribution in [1.29, 1.82) is 0 Å². The van der Waals surface area contributed by atoms with Gasteiger partial charge in [-0.1, -0.05) is 31.0 Å². The highest BCUT2D eigenvalue weighted by Crippen LogP contribution is 2.25. The fourth-order valence-corrected chi connectivity index (χ4v) is 4.42. The third-order valence-corrected chi connectivity index (χ3v) is 5.98. The molecule has 0 atom stereocenters. The first-order chi connectivity index (χ1) is 14.1. The SMILES string of the molecule is CCN1C(=O)/C(=C/c2cn(CC(=O)N3CCCCCC3)c3ccccc23)NC1=S. The maximum absolute atomic E-state index is 12.9. The number of hydrogen-bond acceptors (Lipinski definition) is 3. The van der Waals surface area contributed by atoms with Gasteiger partial charge in [0.25, 0.3) is 5.91 Å². The van der Waals surface area contributed by atoms with Crippen molar-refractivity contribution in [2.75, 3.05) is 19.6 Å². The van der Waals surface area contributed by atoms with Gasteiger partial charge in [-0.2, -0.15) is 0 Å². The Morgan fingerprint density at radius 1 is 1.17 bits per heavy atom. The summed E-state index contributed by atoms with van der Waals surface area (Å²) >= 11 is 5.25. The Hall–Kier alpha value is -2.67. The van der Waals surface area contributed by atoms with Gasteiger partial charge in [-0.25, -0.2) is 0 Å². The standard InChI is InChI=1S/C22H26N4O2S/c1-2-26-21(28)18(23-22(26)29)13-16-14-25(19-10-6-5-9-17(16)19)15-20(27)24-11-7-3-4-8-12-24/h5-6,9-10,13-14H,2-4,7-8,11-12,15H2,1H3,(H,23,29)/b18-13-. The van der Waals surface area contributed by atoms with Crippen LogP contribution in [0.15, 0.2) is 36.2 Å². The van der Waals surface area contributed by atoms with E-state index in [0.29, 0.717) is 23.9 Å². The number of likely N-dealkylation sites (N-methyl/N-ethyl adjacent to an activating group) is 1. The van der Waals surface area contributed by atoms with E-state index in [0.717, 1.165) is 42.4 Å². The Morgan fingerprint density at radius 3 is 2.59 bits per heavy atom. The van der Waals surface area contributed by atoms with Gasteiger partial charge in [0.05, 0.1) is 0 Å². The van der Waals surface area contributed by atoms with Crippen molar-refractivity contribution in [2.24, 2.45) is 0 Å². The molecule has 4 rings (SSSR count). The molecule has 0 aliphatic carbocycles. The maximum Gasteiger partial charge on any atom is 0.276 e. The Kier molecular flexibility index (Phi) is 5.67. The van der Waals surface area contributed by atoms with Crippen molar-refractivity contribution in [3.63, 3.8) is 0 Å². The van der Waals surface area contributed by atoms with Gasteiger partial charge in [-0.05, 0) is 44.1 Å². The summed E-state index contributed by atoms with van der Waals surface area (Å²) in [6.45, 7) is 4.43. The van der Waals surface area contributed by atoms with Crippen molar-refractivity contribution in [3.05, 3.63) is 41.7 Å². The van der Waals surface area contributed by atoms with Gasteiger partial charge in [0.2, 0.25) is 5.91 Å². The van der Waals surface area contributed by atoms with Crippen LogP contribution in [-0.2, 0) is 16.1 Å². The van der Waals surface area contributed by atoms with Crippen molar-refractivity contribution >= 4 is 46.1 Å². The second-order valence-electron chi connectivity index (χ2n) is 7.56. The summed E-state index contributed by atoms with van der Waals surface area (Å²) in [6, 6.07) is 7.97. The number of benzene rings is 1. The number of carbonyl (C=O) groups excluding carboxylic acids is 2. The summed E-state index contributed by atoms with van der Waals surface area (Å²) in [5.41, 5.74) is 2.36. The molecular weight excluding hydrogens is 384 g/mol. The Labute approximate surface area is 176 Å². The van der Waals surface area contributed by atoms with Gasteiger partial charge in [-0.15, -0.1) is 0 Å². The van der Waals surface area contributed by atoms with Crippen LogP contribution in [0.4, 0.5) is 0 Å².